The Morgan fingerprint density at radius 1 is 1.24 bits per heavy atom. The van der Waals surface area contributed by atoms with E-state index in [2.05, 4.69) is 41.2 Å². The van der Waals surface area contributed by atoms with Gasteiger partial charge in [0.05, 0.1) is 18.2 Å². The van der Waals surface area contributed by atoms with Crippen LogP contribution >= 0.6 is 11.3 Å². The maximum absolute atomic E-state index is 12.6. The molecule has 2 heterocycles. The number of rotatable bonds is 5. The summed E-state index contributed by atoms with van der Waals surface area (Å²) in [6.07, 6.45) is 3.84. The van der Waals surface area contributed by atoms with E-state index in [1.165, 1.54) is 5.56 Å². The highest BCUT2D eigenvalue weighted by molar-refractivity contribution is 7.13. The lowest BCUT2D eigenvalue weighted by molar-refractivity contribution is -0.131. The third kappa shape index (κ3) is 4.12. The van der Waals surface area contributed by atoms with Crippen LogP contribution in [0.1, 0.15) is 29.8 Å². The van der Waals surface area contributed by atoms with E-state index in [1.807, 2.05) is 31.5 Å². The number of nitrogens with zero attached hydrogens (tertiary/aromatic N) is 3. The number of thiazole rings is 1. The number of hydrogen-bond acceptors (Lipinski definition) is 4. The zero-order valence-electron chi connectivity index (χ0n) is 14.6. The number of amides is 1. The summed E-state index contributed by atoms with van der Waals surface area (Å²) in [5, 5.41) is 2.84. The van der Waals surface area contributed by atoms with Gasteiger partial charge in [0.2, 0.25) is 5.91 Å². The minimum absolute atomic E-state index is 0.0320. The van der Waals surface area contributed by atoms with Gasteiger partial charge >= 0.3 is 0 Å². The van der Waals surface area contributed by atoms with E-state index in [9.17, 15) is 4.79 Å². The Kier molecular flexibility index (Phi) is 5.24. The largest absolute Gasteiger partial charge is 0.339 e. The van der Waals surface area contributed by atoms with E-state index in [-0.39, 0.29) is 11.9 Å². The number of benzene rings is 1. The molecule has 4 nitrogen and oxygen atoms in total. The Bertz CT molecular complexity index is 843. The van der Waals surface area contributed by atoms with Gasteiger partial charge < -0.3 is 4.90 Å². The molecule has 0 aliphatic heterocycles. The molecule has 3 rings (SSSR count). The summed E-state index contributed by atoms with van der Waals surface area (Å²) in [5.41, 5.74) is 4.13. The fraction of sp³-hybridized carbons (Fsp3) is 0.250. The van der Waals surface area contributed by atoms with Crippen LogP contribution in [0.5, 0.6) is 0 Å². The van der Waals surface area contributed by atoms with Crippen LogP contribution in [-0.4, -0.2) is 27.8 Å². The van der Waals surface area contributed by atoms with Crippen LogP contribution in [0, 0.1) is 6.92 Å². The molecular formula is C20H21N3OS. The standard InChI is InChI=1S/C20H21N3OS/c1-14-6-8-16(9-7-14)15(2)23(3)19(24)11-18-13-25-20(22-18)17-5-4-10-21-12-17/h4-10,12-13,15H,11H2,1-3H3. The Labute approximate surface area is 152 Å². The summed E-state index contributed by atoms with van der Waals surface area (Å²) in [7, 11) is 1.85. The minimum atomic E-state index is 0.0320. The molecule has 0 fully saturated rings. The van der Waals surface area contributed by atoms with Crippen molar-refractivity contribution in [1.82, 2.24) is 14.9 Å². The molecule has 25 heavy (non-hydrogen) atoms. The van der Waals surface area contributed by atoms with Crippen LogP contribution in [0.25, 0.3) is 10.6 Å². The van der Waals surface area contributed by atoms with Crippen molar-refractivity contribution in [2.45, 2.75) is 26.3 Å². The molecule has 0 saturated heterocycles. The first-order valence-corrected chi connectivity index (χ1v) is 9.09. The van der Waals surface area contributed by atoms with Crippen molar-refractivity contribution in [2.75, 3.05) is 7.05 Å². The molecule has 128 valence electrons. The molecule has 0 aliphatic carbocycles. The van der Waals surface area contributed by atoms with Crippen LogP contribution < -0.4 is 0 Å². The van der Waals surface area contributed by atoms with Crippen molar-refractivity contribution in [3.63, 3.8) is 0 Å². The zero-order valence-corrected chi connectivity index (χ0v) is 15.5. The number of pyridine rings is 1. The van der Waals surface area contributed by atoms with E-state index in [0.717, 1.165) is 21.8 Å². The number of likely N-dealkylation sites (N-methyl/N-ethyl adjacent to an activating group) is 1. The first kappa shape index (κ1) is 17.3. The van der Waals surface area contributed by atoms with Crippen LogP contribution in [0.3, 0.4) is 0 Å². The minimum Gasteiger partial charge on any atom is -0.339 e. The van der Waals surface area contributed by atoms with Crippen molar-refractivity contribution >= 4 is 17.2 Å². The van der Waals surface area contributed by atoms with Crippen molar-refractivity contribution in [2.24, 2.45) is 0 Å². The highest BCUT2D eigenvalue weighted by atomic mass is 32.1. The predicted octanol–water partition coefficient (Wildman–Crippen LogP) is 4.28. The van der Waals surface area contributed by atoms with Gasteiger partial charge in [0, 0.05) is 30.4 Å². The molecule has 0 bridgehead atoms. The average Bonchev–Trinajstić information content (AvgIpc) is 3.10. The lowest BCUT2D eigenvalue weighted by Gasteiger charge is -2.25. The molecule has 3 aromatic rings. The van der Waals surface area contributed by atoms with Crippen LogP contribution in [0.2, 0.25) is 0 Å². The second-order valence-corrected chi connectivity index (χ2v) is 7.01. The van der Waals surface area contributed by atoms with Gasteiger partial charge in [-0.2, -0.15) is 0 Å². The van der Waals surface area contributed by atoms with Crippen molar-refractivity contribution in [3.05, 3.63) is 71.0 Å². The number of hydrogen-bond donors (Lipinski definition) is 0. The normalized spacial score (nSPS) is 12.0. The van der Waals surface area contributed by atoms with E-state index < -0.39 is 0 Å². The molecule has 0 saturated carbocycles. The van der Waals surface area contributed by atoms with Crippen molar-refractivity contribution in [3.8, 4) is 10.6 Å². The first-order chi connectivity index (χ1) is 12.0. The van der Waals surface area contributed by atoms with Crippen LogP contribution in [0.15, 0.2) is 54.2 Å². The maximum Gasteiger partial charge on any atom is 0.228 e. The van der Waals surface area contributed by atoms with Crippen LogP contribution in [-0.2, 0) is 11.2 Å². The van der Waals surface area contributed by atoms with E-state index in [1.54, 1.807) is 28.6 Å². The second kappa shape index (κ2) is 7.57. The van der Waals surface area contributed by atoms with Gasteiger partial charge in [-0.1, -0.05) is 29.8 Å². The smallest absolute Gasteiger partial charge is 0.228 e. The van der Waals surface area contributed by atoms with Gasteiger partial charge in [-0.15, -0.1) is 11.3 Å². The predicted molar refractivity (Wildman–Crippen MR) is 101 cm³/mol. The fourth-order valence-corrected chi connectivity index (χ4v) is 3.38. The Hall–Kier alpha value is -2.53. The molecular weight excluding hydrogens is 330 g/mol. The Balaban J connectivity index is 1.67. The maximum atomic E-state index is 12.6. The van der Waals surface area contributed by atoms with Gasteiger partial charge in [-0.25, -0.2) is 4.98 Å². The third-order valence-corrected chi connectivity index (χ3v) is 5.27. The number of aromatic nitrogens is 2. The number of aryl methyl sites for hydroxylation is 1. The molecule has 1 unspecified atom stereocenters. The molecule has 0 aliphatic rings. The lowest BCUT2D eigenvalue weighted by Crippen LogP contribution is -2.31. The molecule has 5 heteroatoms. The monoisotopic (exact) mass is 351 g/mol. The molecule has 2 aromatic heterocycles. The van der Waals surface area contributed by atoms with E-state index >= 15 is 0 Å². The third-order valence-electron chi connectivity index (χ3n) is 4.33. The Morgan fingerprint density at radius 3 is 2.68 bits per heavy atom. The summed E-state index contributed by atoms with van der Waals surface area (Å²) in [6, 6.07) is 12.2. The van der Waals surface area contributed by atoms with E-state index in [0.29, 0.717) is 6.42 Å². The van der Waals surface area contributed by atoms with Crippen molar-refractivity contribution in [1.29, 1.82) is 0 Å². The lowest BCUT2D eigenvalue weighted by atomic mass is 10.1. The second-order valence-electron chi connectivity index (χ2n) is 6.15. The van der Waals surface area contributed by atoms with Gasteiger partial charge in [-0.05, 0) is 31.5 Å². The molecule has 1 atom stereocenters. The summed E-state index contributed by atoms with van der Waals surface area (Å²) < 4.78 is 0. The fourth-order valence-electron chi connectivity index (χ4n) is 2.57. The highest BCUT2D eigenvalue weighted by Gasteiger charge is 2.19. The summed E-state index contributed by atoms with van der Waals surface area (Å²) >= 11 is 1.54. The molecule has 1 amide bonds. The molecule has 0 radical (unpaired) electrons. The average molecular weight is 351 g/mol. The van der Waals surface area contributed by atoms with Crippen LogP contribution in [0.4, 0.5) is 0 Å². The van der Waals surface area contributed by atoms with Gasteiger partial charge in [0.15, 0.2) is 0 Å². The zero-order chi connectivity index (χ0) is 17.8. The summed E-state index contributed by atoms with van der Waals surface area (Å²) in [6.45, 7) is 4.11. The SMILES string of the molecule is Cc1ccc(C(C)N(C)C(=O)Cc2csc(-c3cccnc3)n2)cc1. The number of carbonyl (C=O) groups excluding carboxylic acids is 1. The first-order valence-electron chi connectivity index (χ1n) is 8.21. The molecule has 0 N–H and O–H groups in total. The topological polar surface area (TPSA) is 46.1 Å². The number of carbonyl (C=O) groups is 1. The summed E-state index contributed by atoms with van der Waals surface area (Å²) in [4.78, 5) is 23.1. The Morgan fingerprint density at radius 2 is 2.00 bits per heavy atom. The molecule has 0 spiro atoms. The van der Waals surface area contributed by atoms with E-state index in [4.69, 9.17) is 0 Å². The summed E-state index contributed by atoms with van der Waals surface area (Å²) in [5.74, 6) is 0.0658. The quantitative estimate of drug-likeness (QED) is 0.689. The van der Waals surface area contributed by atoms with Gasteiger partial charge in [0.25, 0.3) is 0 Å². The van der Waals surface area contributed by atoms with Gasteiger partial charge in [0.1, 0.15) is 5.01 Å². The highest BCUT2D eigenvalue weighted by Crippen LogP contribution is 2.24. The van der Waals surface area contributed by atoms with Crippen molar-refractivity contribution < 1.29 is 4.79 Å². The van der Waals surface area contributed by atoms with Gasteiger partial charge in [-0.3, -0.25) is 9.78 Å². The molecule has 1 aromatic carbocycles.